The van der Waals surface area contributed by atoms with Crippen molar-refractivity contribution in [2.45, 2.75) is 40.5 Å². The number of benzene rings is 2. The quantitative estimate of drug-likeness (QED) is 0.299. The van der Waals surface area contributed by atoms with Gasteiger partial charge in [-0.25, -0.2) is 0 Å². The summed E-state index contributed by atoms with van der Waals surface area (Å²) in [5, 5.41) is 3.22. The number of ketones is 1. The molecule has 0 heterocycles. The van der Waals surface area contributed by atoms with Crippen molar-refractivity contribution in [1.82, 2.24) is 0 Å². The first-order chi connectivity index (χ1) is 14.3. The molecule has 0 unspecified atom stereocenters. The standard InChI is InChI=1S/C15H14BrNO.C10H14.ClH.Ru/c1-10-7-13(16)8-11(2)15(10)17-9-12-5-3-4-6-14(12)18;1-8(2)10-6-4-9(3)5-7-10;;/h3-9,17H,1-2H3;4-8H,1-3H3;1H;/q;;;+1/p-1/b12-9-;;;. The normalized spacial score (nSPS) is 13.5. The van der Waals surface area contributed by atoms with Gasteiger partial charge in [-0.15, -0.1) is 0 Å². The fraction of sp³-hybridized carbons (Fsp3) is 0.240. The van der Waals surface area contributed by atoms with E-state index in [1.165, 1.54) is 11.1 Å². The average Bonchev–Trinajstić information content (AvgIpc) is 2.71. The molecule has 1 N–H and O–H groups in total. The zero-order valence-corrected chi connectivity index (χ0v) is 22.0. The fourth-order valence-corrected chi connectivity index (χ4v) is 3.53. The SMILES string of the molecule is Cc1cc(Br)cc(C)c1N/C=C1/C=CC=CC1=O.Cc1ccc(C(C)C)cc1.[Cl][Ru]. The molecule has 0 bridgehead atoms. The van der Waals surface area contributed by atoms with Crippen molar-refractivity contribution in [3.63, 3.8) is 0 Å². The fourth-order valence-electron chi connectivity index (χ4n) is 2.84. The number of hydrogen-bond acceptors (Lipinski definition) is 2. The number of nitrogens with one attached hydrogen (secondary N) is 1. The van der Waals surface area contributed by atoms with Crippen LogP contribution in [0.4, 0.5) is 5.69 Å². The van der Waals surface area contributed by atoms with Gasteiger partial charge < -0.3 is 5.32 Å². The Morgan fingerprint density at radius 2 is 1.50 bits per heavy atom. The second-order valence-corrected chi connectivity index (χ2v) is 8.22. The van der Waals surface area contributed by atoms with Crippen LogP contribution in [0, 0.1) is 20.8 Å². The van der Waals surface area contributed by atoms with E-state index in [4.69, 9.17) is 0 Å². The molecule has 0 aromatic heterocycles. The summed E-state index contributed by atoms with van der Waals surface area (Å²) in [6.45, 7) is 10.6. The third kappa shape index (κ3) is 8.72. The minimum absolute atomic E-state index is 0.0254. The third-order valence-corrected chi connectivity index (χ3v) is 4.99. The molecule has 0 amide bonds. The van der Waals surface area contributed by atoms with Gasteiger partial charge in [0.1, 0.15) is 0 Å². The summed E-state index contributed by atoms with van der Waals surface area (Å²) in [4.78, 5) is 11.6. The average molecular weight is 575 g/mol. The van der Waals surface area contributed by atoms with E-state index in [9.17, 15) is 4.79 Å². The van der Waals surface area contributed by atoms with E-state index >= 15 is 0 Å². The van der Waals surface area contributed by atoms with Gasteiger partial charge in [0.15, 0.2) is 5.78 Å². The first-order valence-corrected chi connectivity index (χ1v) is 12.6. The molecule has 2 nitrogen and oxygen atoms in total. The van der Waals surface area contributed by atoms with Crippen molar-refractivity contribution in [1.29, 1.82) is 0 Å². The van der Waals surface area contributed by atoms with Gasteiger partial charge >= 0.3 is 27.0 Å². The van der Waals surface area contributed by atoms with Crippen LogP contribution in [0.25, 0.3) is 0 Å². The number of anilines is 1. The van der Waals surface area contributed by atoms with Crippen LogP contribution in [-0.2, 0) is 22.1 Å². The van der Waals surface area contributed by atoms with Crippen molar-refractivity contribution in [2.75, 3.05) is 5.32 Å². The van der Waals surface area contributed by atoms with Gasteiger partial charge in [0, 0.05) is 21.9 Å². The molecule has 2 aromatic carbocycles. The Kier molecular flexibility index (Phi) is 12.2. The maximum absolute atomic E-state index is 11.6. The number of aryl methyl sites for hydroxylation is 3. The third-order valence-electron chi connectivity index (χ3n) is 4.53. The van der Waals surface area contributed by atoms with Gasteiger partial charge in [-0.2, -0.15) is 0 Å². The van der Waals surface area contributed by atoms with E-state index in [1.54, 1.807) is 24.4 Å². The van der Waals surface area contributed by atoms with E-state index in [-0.39, 0.29) is 5.78 Å². The molecule has 0 radical (unpaired) electrons. The molecule has 1 aliphatic rings. The number of carbonyl (C=O) groups is 1. The molecule has 0 saturated carbocycles. The molecule has 161 valence electrons. The molecular formula is C25H28BrClNORu. The van der Waals surface area contributed by atoms with Gasteiger partial charge in [0.25, 0.3) is 0 Å². The first kappa shape index (κ1) is 26.6. The molecule has 2 aromatic rings. The summed E-state index contributed by atoms with van der Waals surface area (Å²) in [7, 11) is 4.57. The molecule has 1 aliphatic carbocycles. The molecule has 0 aliphatic heterocycles. The molecule has 30 heavy (non-hydrogen) atoms. The van der Waals surface area contributed by atoms with Gasteiger partial charge in [-0.1, -0.05) is 71.8 Å². The van der Waals surface area contributed by atoms with Crippen LogP contribution >= 0.6 is 25.6 Å². The van der Waals surface area contributed by atoms with Crippen LogP contribution in [-0.4, -0.2) is 5.78 Å². The monoisotopic (exact) mass is 574 g/mol. The maximum atomic E-state index is 11.6. The molecule has 3 rings (SSSR count). The summed E-state index contributed by atoms with van der Waals surface area (Å²) in [6, 6.07) is 12.8. The molecule has 5 heteroatoms. The van der Waals surface area contributed by atoms with Crippen LogP contribution in [0.15, 0.2) is 76.9 Å². The molecular weight excluding hydrogens is 547 g/mol. The molecule has 0 atom stereocenters. The topological polar surface area (TPSA) is 29.1 Å². The Hall–Kier alpha value is -1.48. The Labute approximate surface area is 203 Å². The predicted molar refractivity (Wildman–Crippen MR) is 130 cm³/mol. The second kappa shape index (κ2) is 13.8. The summed E-state index contributed by atoms with van der Waals surface area (Å²) < 4.78 is 1.06. The van der Waals surface area contributed by atoms with Crippen molar-refractivity contribution < 1.29 is 22.1 Å². The van der Waals surface area contributed by atoms with Crippen molar-refractivity contribution in [3.8, 4) is 0 Å². The Balaban J connectivity index is 0.000000318. The summed E-state index contributed by atoms with van der Waals surface area (Å²) >= 11 is 5.29. The van der Waals surface area contributed by atoms with E-state index < -0.39 is 0 Å². The number of halogens is 2. The van der Waals surface area contributed by atoms with Crippen molar-refractivity contribution in [3.05, 3.63) is 99.2 Å². The summed E-state index contributed by atoms with van der Waals surface area (Å²) in [6.07, 6.45) is 8.73. The number of allylic oxidation sites excluding steroid dienone is 5. The van der Waals surface area contributed by atoms with Gasteiger partial charge in [-0.05, 0) is 67.7 Å². The van der Waals surface area contributed by atoms with E-state index in [0.29, 0.717) is 11.5 Å². The summed E-state index contributed by atoms with van der Waals surface area (Å²) in [5.74, 6) is 0.679. The molecule has 0 spiro atoms. The van der Waals surface area contributed by atoms with Crippen LogP contribution in [0.5, 0.6) is 0 Å². The number of hydrogen-bond donors (Lipinski definition) is 1. The van der Waals surface area contributed by atoms with E-state index in [2.05, 4.69) is 76.0 Å². The predicted octanol–water partition coefficient (Wildman–Crippen LogP) is 7.86. The minimum atomic E-state index is 0.0254. The number of rotatable bonds is 3. The summed E-state index contributed by atoms with van der Waals surface area (Å²) in [5.41, 5.74) is 6.75. The number of carbonyl (C=O) groups excluding carboxylic acids is 1. The van der Waals surface area contributed by atoms with Crippen molar-refractivity contribution in [2.24, 2.45) is 0 Å². The van der Waals surface area contributed by atoms with Crippen LogP contribution in [0.3, 0.4) is 0 Å². The first-order valence-electron chi connectivity index (χ1n) is 9.60. The Morgan fingerprint density at radius 3 is 2.00 bits per heavy atom. The molecule has 0 fully saturated rings. The Bertz CT molecular complexity index is 908. The van der Waals surface area contributed by atoms with Gasteiger partial charge in [0.05, 0.1) is 0 Å². The van der Waals surface area contributed by atoms with Crippen LogP contribution in [0.1, 0.15) is 42.0 Å². The second-order valence-electron chi connectivity index (χ2n) is 7.31. The van der Waals surface area contributed by atoms with Crippen LogP contribution < -0.4 is 5.32 Å². The molecule has 0 saturated heterocycles. The van der Waals surface area contributed by atoms with Crippen molar-refractivity contribution >= 4 is 37.1 Å². The van der Waals surface area contributed by atoms with E-state index in [1.807, 2.05) is 49.4 Å². The van der Waals surface area contributed by atoms with Gasteiger partial charge in [-0.3, -0.25) is 4.79 Å². The van der Waals surface area contributed by atoms with E-state index in [0.717, 1.165) is 21.3 Å². The Morgan fingerprint density at radius 1 is 0.967 bits per heavy atom. The zero-order valence-electron chi connectivity index (χ0n) is 17.9. The zero-order chi connectivity index (χ0) is 22.7. The van der Waals surface area contributed by atoms with Gasteiger partial charge in [0.2, 0.25) is 0 Å². The van der Waals surface area contributed by atoms with Crippen LogP contribution in [0.2, 0.25) is 0 Å².